The molecule has 0 bridgehead atoms. The van der Waals surface area contributed by atoms with E-state index in [0.29, 0.717) is 18.1 Å². The largest absolute Gasteiger partial charge is 0.398 e. The van der Waals surface area contributed by atoms with Crippen LogP contribution in [0.2, 0.25) is 0 Å². The van der Waals surface area contributed by atoms with Gasteiger partial charge in [0.2, 0.25) is 0 Å². The van der Waals surface area contributed by atoms with Gasteiger partial charge in [0, 0.05) is 5.69 Å². The molecular formula is C16H18N4O. The highest BCUT2D eigenvalue weighted by atomic mass is 16.1. The summed E-state index contributed by atoms with van der Waals surface area (Å²) < 4.78 is 0. The number of hydrogen-bond donors (Lipinski definition) is 3. The van der Waals surface area contributed by atoms with E-state index >= 15 is 0 Å². The molecule has 21 heavy (non-hydrogen) atoms. The molecule has 0 saturated carbocycles. The normalized spacial score (nSPS) is 12.9. The number of carbonyl (C=O) groups excluding carboxylic acids is 1. The van der Waals surface area contributed by atoms with Crippen molar-refractivity contribution in [1.29, 1.82) is 0 Å². The monoisotopic (exact) mass is 282 g/mol. The fourth-order valence-electron chi connectivity index (χ4n) is 1.95. The van der Waals surface area contributed by atoms with Crippen LogP contribution in [-0.4, -0.2) is 18.7 Å². The number of amidine groups is 1. The van der Waals surface area contributed by atoms with Gasteiger partial charge < -0.3 is 16.3 Å². The Kier molecular flexibility index (Phi) is 5.06. The molecule has 0 aliphatic carbocycles. The Bertz CT molecular complexity index is 625. The number of benzene rings is 2. The molecule has 0 radical (unpaired) electrons. The van der Waals surface area contributed by atoms with Crippen LogP contribution in [0.25, 0.3) is 0 Å². The maximum absolute atomic E-state index is 11.2. The van der Waals surface area contributed by atoms with Gasteiger partial charge in [-0.1, -0.05) is 36.4 Å². The molecule has 5 nitrogen and oxygen atoms in total. The number of nitrogen functional groups attached to an aromatic ring is 1. The first-order valence-electron chi connectivity index (χ1n) is 6.62. The minimum Gasteiger partial charge on any atom is -0.398 e. The summed E-state index contributed by atoms with van der Waals surface area (Å²) in [4.78, 5) is 15.5. The molecule has 0 aliphatic rings. The number of nitrogens with zero attached hydrogens (tertiary/aromatic N) is 1. The topological polar surface area (TPSA) is 93.5 Å². The Balaban J connectivity index is 2.02. The van der Waals surface area contributed by atoms with Crippen molar-refractivity contribution in [3.05, 3.63) is 60.2 Å². The van der Waals surface area contributed by atoms with Gasteiger partial charge >= 0.3 is 0 Å². The lowest BCUT2D eigenvalue weighted by molar-refractivity contribution is -0.109. The van der Waals surface area contributed by atoms with E-state index in [1.54, 1.807) is 6.07 Å². The van der Waals surface area contributed by atoms with Gasteiger partial charge in [-0.15, -0.1) is 0 Å². The number of nitrogens with two attached hydrogens (primary N) is 2. The molecular weight excluding hydrogens is 264 g/mol. The molecule has 1 atom stereocenters. The molecule has 2 aromatic rings. The maximum Gasteiger partial charge on any atom is 0.141 e. The molecule has 2 aromatic carbocycles. The minimum absolute atomic E-state index is 0.298. The number of anilines is 1. The van der Waals surface area contributed by atoms with Crippen molar-refractivity contribution in [2.24, 2.45) is 10.7 Å². The van der Waals surface area contributed by atoms with Gasteiger partial charge in [0.15, 0.2) is 0 Å². The van der Waals surface area contributed by atoms with Crippen LogP contribution in [0.4, 0.5) is 11.4 Å². The molecule has 0 aromatic heterocycles. The Morgan fingerprint density at radius 1 is 1.14 bits per heavy atom. The van der Waals surface area contributed by atoms with Crippen LogP contribution in [0, 0.1) is 0 Å². The fourth-order valence-corrected chi connectivity index (χ4v) is 1.95. The molecule has 5 N–H and O–H groups in total. The van der Waals surface area contributed by atoms with Gasteiger partial charge in [0.1, 0.15) is 12.1 Å². The average molecular weight is 282 g/mol. The van der Waals surface area contributed by atoms with Crippen LogP contribution in [0.5, 0.6) is 0 Å². The van der Waals surface area contributed by atoms with Crippen molar-refractivity contribution in [3.63, 3.8) is 0 Å². The number of aliphatic imine (C=N–C) groups is 1. The highest BCUT2D eigenvalue weighted by Crippen LogP contribution is 2.18. The molecule has 0 amide bonds. The number of hydrogen-bond acceptors (Lipinski definition) is 4. The Morgan fingerprint density at radius 2 is 1.81 bits per heavy atom. The summed E-state index contributed by atoms with van der Waals surface area (Å²) in [6, 6.07) is 16.1. The van der Waals surface area contributed by atoms with Crippen molar-refractivity contribution >= 4 is 23.5 Å². The van der Waals surface area contributed by atoms with E-state index in [1.807, 2.05) is 48.5 Å². The SMILES string of the molecule is N/C(CN[C@@H](C=O)c1ccccc1N)=N\c1ccccc1. The molecule has 108 valence electrons. The third-order valence-electron chi connectivity index (χ3n) is 3.00. The summed E-state index contributed by atoms with van der Waals surface area (Å²) in [5.74, 6) is 0.405. The molecule has 0 fully saturated rings. The van der Waals surface area contributed by atoms with Crippen LogP contribution in [0.15, 0.2) is 59.6 Å². The van der Waals surface area contributed by atoms with Gasteiger partial charge in [0.25, 0.3) is 0 Å². The Labute approximate surface area is 123 Å². The molecule has 0 unspecified atom stereocenters. The van der Waals surface area contributed by atoms with E-state index in [0.717, 1.165) is 17.5 Å². The van der Waals surface area contributed by atoms with Crippen molar-refractivity contribution in [1.82, 2.24) is 5.32 Å². The lowest BCUT2D eigenvalue weighted by Crippen LogP contribution is -2.33. The van der Waals surface area contributed by atoms with Crippen LogP contribution >= 0.6 is 0 Å². The van der Waals surface area contributed by atoms with E-state index in [-0.39, 0.29) is 0 Å². The number of nitrogens with one attached hydrogen (secondary N) is 1. The zero-order valence-corrected chi connectivity index (χ0v) is 11.6. The Morgan fingerprint density at radius 3 is 2.48 bits per heavy atom. The van der Waals surface area contributed by atoms with E-state index in [4.69, 9.17) is 11.5 Å². The van der Waals surface area contributed by atoms with Crippen molar-refractivity contribution in [2.75, 3.05) is 12.3 Å². The third-order valence-corrected chi connectivity index (χ3v) is 3.00. The van der Waals surface area contributed by atoms with E-state index in [1.165, 1.54) is 0 Å². The summed E-state index contributed by atoms with van der Waals surface area (Å²) in [7, 11) is 0. The highest BCUT2D eigenvalue weighted by Gasteiger charge is 2.12. The first-order valence-corrected chi connectivity index (χ1v) is 6.62. The molecule has 0 spiro atoms. The van der Waals surface area contributed by atoms with Gasteiger partial charge in [-0.05, 0) is 23.8 Å². The fraction of sp³-hybridized carbons (Fsp3) is 0.125. The first kappa shape index (κ1) is 14.7. The number of para-hydroxylation sites is 2. The second kappa shape index (κ2) is 7.21. The minimum atomic E-state index is -0.504. The number of rotatable bonds is 6. The van der Waals surface area contributed by atoms with Gasteiger partial charge in [0.05, 0.1) is 18.3 Å². The average Bonchev–Trinajstić information content (AvgIpc) is 2.50. The zero-order valence-electron chi connectivity index (χ0n) is 11.6. The van der Waals surface area contributed by atoms with E-state index in [2.05, 4.69) is 10.3 Å². The van der Waals surface area contributed by atoms with Crippen molar-refractivity contribution < 1.29 is 4.79 Å². The van der Waals surface area contributed by atoms with Crippen molar-refractivity contribution in [2.45, 2.75) is 6.04 Å². The van der Waals surface area contributed by atoms with Gasteiger partial charge in [-0.25, -0.2) is 4.99 Å². The van der Waals surface area contributed by atoms with Crippen molar-refractivity contribution in [3.8, 4) is 0 Å². The lowest BCUT2D eigenvalue weighted by Gasteiger charge is -2.14. The summed E-state index contributed by atoms with van der Waals surface area (Å²) in [5.41, 5.74) is 13.8. The zero-order chi connectivity index (χ0) is 15.1. The summed E-state index contributed by atoms with van der Waals surface area (Å²) in [6.45, 7) is 0.298. The smallest absolute Gasteiger partial charge is 0.141 e. The Hall–Kier alpha value is -2.66. The quantitative estimate of drug-likeness (QED) is 0.326. The second-order valence-electron chi connectivity index (χ2n) is 4.56. The predicted molar refractivity (Wildman–Crippen MR) is 85.4 cm³/mol. The van der Waals surface area contributed by atoms with Gasteiger partial charge in [-0.2, -0.15) is 0 Å². The lowest BCUT2D eigenvalue weighted by atomic mass is 10.1. The summed E-state index contributed by atoms with van der Waals surface area (Å²) >= 11 is 0. The van der Waals surface area contributed by atoms with Gasteiger partial charge in [-0.3, -0.25) is 5.32 Å². The first-order chi connectivity index (χ1) is 10.2. The van der Waals surface area contributed by atoms with Crippen LogP contribution in [0.3, 0.4) is 0 Å². The number of aldehydes is 1. The third kappa shape index (κ3) is 4.15. The predicted octanol–water partition coefficient (Wildman–Crippen LogP) is 1.79. The summed E-state index contributed by atoms with van der Waals surface area (Å²) in [6.07, 6.45) is 0.807. The molecule has 0 saturated heterocycles. The van der Waals surface area contributed by atoms with Crippen LogP contribution in [0.1, 0.15) is 11.6 Å². The second-order valence-corrected chi connectivity index (χ2v) is 4.56. The van der Waals surface area contributed by atoms with E-state index in [9.17, 15) is 4.79 Å². The highest BCUT2D eigenvalue weighted by molar-refractivity contribution is 5.85. The molecule has 0 heterocycles. The molecule has 5 heteroatoms. The number of carbonyl (C=O) groups is 1. The standard InChI is InChI=1S/C16H18N4O/c17-14-9-5-4-8-13(14)15(11-21)19-10-16(18)20-12-6-2-1-3-7-12/h1-9,11,15,19H,10,17H2,(H2,18,20)/t15-/m0/s1. The molecule has 0 aliphatic heterocycles. The van der Waals surface area contributed by atoms with Crippen LogP contribution in [-0.2, 0) is 4.79 Å². The molecule has 2 rings (SSSR count). The maximum atomic E-state index is 11.2. The summed E-state index contributed by atoms with van der Waals surface area (Å²) in [5, 5.41) is 3.04. The van der Waals surface area contributed by atoms with Crippen LogP contribution < -0.4 is 16.8 Å². The van der Waals surface area contributed by atoms with E-state index < -0.39 is 6.04 Å².